The monoisotopic (exact) mass is 702 g/mol. The van der Waals surface area contributed by atoms with Crippen molar-refractivity contribution in [3.63, 3.8) is 0 Å². The molecule has 0 aliphatic carbocycles. The van der Waals surface area contributed by atoms with E-state index >= 15 is 0 Å². The van der Waals surface area contributed by atoms with Crippen molar-refractivity contribution in [3.8, 4) is 22.6 Å². The Labute approximate surface area is 257 Å². The molecular formula is C30H20F12O2P2. The number of alkyl halides is 12. The molecule has 0 amide bonds. The van der Waals surface area contributed by atoms with Gasteiger partial charge in [0.25, 0.3) is 0 Å². The highest BCUT2D eigenvalue weighted by Gasteiger charge is 2.38. The maximum Gasteiger partial charge on any atom is 0.416 e. The second kappa shape index (κ2) is 13.0. The van der Waals surface area contributed by atoms with Crippen LogP contribution in [0.2, 0.25) is 0 Å². The van der Waals surface area contributed by atoms with Gasteiger partial charge in [0.2, 0.25) is 0 Å². The fourth-order valence-corrected chi connectivity index (χ4v) is 7.13. The van der Waals surface area contributed by atoms with Gasteiger partial charge in [-0.3, -0.25) is 0 Å². The zero-order valence-corrected chi connectivity index (χ0v) is 25.3. The Bertz CT molecular complexity index is 1530. The summed E-state index contributed by atoms with van der Waals surface area (Å²) in [5.74, 6) is 0.146. The maximum atomic E-state index is 13.6. The van der Waals surface area contributed by atoms with Crippen molar-refractivity contribution in [1.29, 1.82) is 0 Å². The molecule has 0 fully saturated rings. The van der Waals surface area contributed by atoms with Gasteiger partial charge in [0.15, 0.2) is 0 Å². The van der Waals surface area contributed by atoms with Gasteiger partial charge in [-0.15, -0.1) is 0 Å². The third-order valence-corrected chi connectivity index (χ3v) is 9.00. The van der Waals surface area contributed by atoms with Gasteiger partial charge < -0.3 is 9.47 Å². The van der Waals surface area contributed by atoms with Crippen molar-refractivity contribution in [2.24, 2.45) is 0 Å². The summed E-state index contributed by atoms with van der Waals surface area (Å²) < 4.78 is 174. The van der Waals surface area contributed by atoms with Gasteiger partial charge in [0.05, 0.1) is 36.5 Å². The standard InChI is InChI=1S/C30H20F12O2P2/c1-43-21-5-3-7-23(45-19-11-15(27(31,32)33)9-16(12-19)28(34,35)36)25(21)26-22(44-2)6-4-8-24(26)46-20-13-17(29(37,38)39)10-18(14-20)30(40,41)42/h3-14,45-46H,1-2H3. The molecule has 0 N–H and O–H groups in total. The van der Waals surface area contributed by atoms with Crippen LogP contribution in [-0.4, -0.2) is 14.2 Å². The molecule has 16 heteroatoms. The topological polar surface area (TPSA) is 18.5 Å². The predicted octanol–water partition coefficient (Wildman–Crippen LogP) is 8.70. The summed E-state index contributed by atoms with van der Waals surface area (Å²) in [5, 5.41) is -0.351. The first kappa shape index (κ1) is 35.4. The average Bonchev–Trinajstić information content (AvgIpc) is 2.95. The number of rotatable bonds is 7. The minimum absolute atomic E-state index is 0.00973. The van der Waals surface area contributed by atoms with Crippen LogP contribution < -0.4 is 30.7 Å². The molecule has 0 saturated carbocycles. The lowest BCUT2D eigenvalue weighted by molar-refractivity contribution is -0.144. The van der Waals surface area contributed by atoms with Crippen LogP contribution in [0.1, 0.15) is 22.3 Å². The number of methoxy groups -OCH3 is 2. The van der Waals surface area contributed by atoms with Gasteiger partial charge in [-0.1, -0.05) is 41.4 Å². The first-order valence-electron chi connectivity index (χ1n) is 12.7. The Morgan fingerprint density at radius 3 is 0.957 bits per heavy atom. The lowest BCUT2D eigenvalue weighted by Gasteiger charge is -2.21. The Kier molecular flexibility index (Phi) is 9.95. The molecule has 2 unspecified atom stereocenters. The Balaban J connectivity index is 1.94. The van der Waals surface area contributed by atoms with Crippen LogP contribution >= 0.6 is 17.2 Å². The van der Waals surface area contributed by atoms with Crippen LogP contribution in [0.5, 0.6) is 11.5 Å². The SMILES string of the molecule is COc1cccc(Pc2cc(C(F)(F)F)cc(C(F)(F)F)c2)c1-c1c(OC)cccc1Pc1cc(C(F)(F)F)cc(C(F)(F)F)c1. The van der Waals surface area contributed by atoms with Crippen molar-refractivity contribution < 1.29 is 62.2 Å². The van der Waals surface area contributed by atoms with Crippen molar-refractivity contribution in [1.82, 2.24) is 0 Å². The Morgan fingerprint density at radius 2 is 0.717 bits per heavy atom. The van der Waals surface area contributed by atoms with Gasteiger partial charge in [-0.25, -0.2) is 0 Å². The zero-order chi connectivity index (χ0) is 34.2. The summed E-state index contributed by atoms with van der Waals surface area (Å²) in [4.78, 5) is 0. The van der Waals surface area contributed by atoms with E-state index in [1.807, 2.05) is 0 Å². The third-order valence-electron chi connectivity index (χ3n) is 6.48. The minimum Gasteiger partial charge on any atom is -0.496 e. The van der Waals surface area contributed by atoms with Gasteiger partial charge in [0.1, 0.15) is 11.5 Å². The number of hydrogen-bond donors (Lipinski definition) is 0. The van der Waals surface area contributed by atoms with Gasteiger partial charge in [-0.05, 0) is 69.7 Å². The highest BCUT2D eigenvalue weighted by atomic mass is 31.1. The van der Waals surface area contributed by atoms with E-state index in [4.69, 9.17) is 9.47 Å². The maximum absolute atomic E-state index is 13.6. The molecule has 46 heavy (non-hydrogen) atoms. The first-order chi connectivity index (χ1) is 21.2. The second-order valence-electron chi connectivity index (χ2n) is 9.60. The third kappa shape index (κ3) is 8.07. The average molecular weight is 702 g/mol. The van der Waals surface area contributed by atoms with Crippen LogP contribution in [-0.2, 0) is 24.7 Å². The lowest BCUT2D eigenvalue weighted by Crippen LogP contribution is -2.19. The summed E-state index contributed by atoms with van der Waals surface area (Å²) in [7, 11) is 0.796. The highest BCUT2D eigenvalue weighted by Crippen LogP contribution is 2.42. The molecule has 0 saturated heterocycles. The fraction of sp³-hybridized carbons (Fsp3) is 0.200. The van der Waals surface area contributed by atoms with Crippen molar-refractivity contribution in [2.75, 3.05) is 14.2 Å². The fourth-order valence-electron chi connectivity index (χ4n) is 4.49. The molecular weight excluding hydrogens is 682 g/mol. The van der Waals surface area contributed by atoms with Gasteiger partial charge >= 0.3 is 24.7 Å². The molecule has 2 atom stereocenters. The lowest BCUT2D eigenvalue weighted by atomic mass is 10.0. The molecule has 0 spiro atoms. The van der Waals surface area contributed by atoms with Crippen LogP contribution in [0.15, 0.2) is 72.8 Å². The normalized spacial score (nSPS) is 13.3. The number of benzene rings is 4. The molecule has 4 aromatic carbocycles. The van der Waals surface area contributed by atoms with E-state index in [9.17, 15) is 52.7 Å². The van der Waals surface area contributed by atoms with E-state index in [1.165, 1.54) is 50.6 Å². The predicted molar refractivity (Wildman–Crippen MR) is 153 cm³/mol. The van der Waals surface area contributed by atoms with Crippen LogP contribution in [0, 0.1) is 0 Å². The molecule has 0 aliphatic rings. The number of hydrogen-bond acceptors (Lipinski definition) is 2. The van der Waals surface area contributed by atoms with E-state index in [2.05, 4.69) is 0 Å². The van der Waals surface area contributed by atoms with Crippen LogP contribution in [0.3, 0.4) is 0 Å². The molecule has 246 valence electrons. The number of halogens is 12. The molecule has 0 aromatic heterocycles. The molecule has 2 nitrogen and oxygen atoms in total. The summed E-state index contributed by atoms with van der Waals surface area (Å²) in [5.41, 5.74) is -5.87. The Morgan fingerprint density at radius 1 is 0.435 bits per heavy atom. The molecule has 4 aromatic rings. The van der Waals surface area contributed by atoms with Gasteiger partial charge in [0, 0.05) is 11.1 Å². The summed E-state index contributed by atoms with van der Waals surface area (Å²) in [6.07, 6.45) is -20.4. The second-order valence-corrected chi connectivity index (χ2v) is 12.3. The molecule has 0 radical (unpaired) electrons. The molecule has 0 heterocycles. The highest BCUT2D eigenvalue weighted by molar-refractivity contribution is 7.56. The van der Waals surface area contributed by atoms with E-state index in [0.717, 1.165) is 0 Å². The zero-order valence-electron chi connectivity index (χ0n) is 23.3. The van der Waals surface area contributed by atoms with E-state index in [-0.39, 0.29) is 56.0 Å². The van der Waals surface area contributed by atoms with Crippen molar-refractivity contribution in [2.45, 2.75) is 24.7 Å². The van der Waals surface area contributed by atoms with E-state index in [0.29, 0.717) is 24.3 Å². The molecule has 4 rings (SSSR count). The number of ether oxygens (including phenoxy) is 2. The first-order valence-corrected chi connectivity index (χ1v) is 14.7. The summed E-state index contributed by atoms with van der Waals surface area (Å²) >= 11 is 0. The van der Waals surface area contributed by atoms with E-state index in [1.54, 1.807) is 0 Å². The minimum atomic E-state index is -5.10. The molecule has 0 bridgehead atoms. The summed E-state index contributed by atoms with van der Waals surface area (Å²) in [6, 6.07) is 10.8. The van der Waals surface area contributed by atoms with Crippen LogP contribution in [0.25, 0.3) is 11.1 Å². The van der Waals surface area contributed by atoms with Crippen LogP contribution in [0.4, 0.5) is 52.7 Å². The summed E-state index contributed by atoms with van der Waals surface area (Å²) in [6.45, 7) is 0. The van der Waals surface area contributed by atoms with Gasteiger partial charge in [-0.2, -0.15) is 52.7 Å². The molecule has 0 aliphatic heterocycles. The van der Waals surface area contributed by atoms with Crippen molar-refractivity contribution >= 4 is 38.4 Å². The van der Waals surface area contributed by atoms with Crippen molar-refractivity contribution in [3.05, 3.63) is 95.1 Å². The largest absolute Gasteiger partial charge is 0.496 e. The van der Waals surface area contributed by atoms with E-state index < -0.39 is 64.1 Å². The quantitative estimate of drug-likeness (QED) is 0.142. The Hall–Kier alpha value is -3.50. The smallest absolute Gasteiger partial charge is 0.416 e.